The van der Waals surface area contributed by atoms with Gasteiger partial charge in [-0.3, -0.25) is 19.7 Å². The Morgan fingerprint density at radius 3 is 2.11 bits per heavy atom. The summed E-state index contributed by atoms with van der Waals surface area (Å²) in [6.45, 7) is -0.643. The molecule has 0 aliphatic carbocycles. The molecule has 2 rings (SSSR count). The number of rotatable bonds is 7. The monoisotopic (exact) mass is 369 g/mol. The van der Waals surface area contributed by atoms with Gasteiger partial charge in [0.1, 0.15) is 0 Å². The number of hydrogen-bond donors (Lipinski definition) is 3. The molecular formula is C19H19N3O5. The third-order valence-corrected chi connectivity index (χ3v) is 3.54. The van der Waals surface area contributed by atoms with E-state index in [1.54, 1.807) is 59.9 Å². The van der Waals surface area contributed by atoms with Crippen molar-refractivity contribution in [2.24, 2.45) is 5.73 Å². The van der Waals surface area contributed by atoms with Crippen LogP contribution in [0.3, 0.4) is 0 Å². The fraction of sp³-hybridized carbons (Fsp3) is 0.158. The molecule has 0 fully saturated rings. The summed E-state index contributed by atoms with van der Waals surface area (Å²) in [5.74, 6) is -1.89. The molecule has 0 aliphatic rings. The Labute approximate surface area is 155 Å². The van der Waals surface area contributed by atoms with Crippen LogP contribution in [0.15, 0.2) is 60.7 Å². The number of benzene rings is 2. The van der Waals surface area contributed by atoms with Gasteiger partial charge in [-0.15, -0.1) is 0 Å². The maximum Gasteiger partial charge on any atom is 0.318 e. The summed E-state index contributed by atoms with van der Waals surface area (Å²) in [5, 5.41) is 4.58. The van der Waals surface area contributed by atoms with E-state index in [0.717, 1.165) is 0 Å². The van der Waals surface area contributed by atoms with Crippen LogP contribution in [-0.4, -0.2) is 30.4 Å². The van der Waals surface area contributed by atoms with Crippen LogP contribution in [0, 0.1) is 0 Å². The number of nitrogens with one attached hydrogen (secondary N) is 2. The van der Waals surface area contributed by atoms with Crippen LogP contribution in [0.4, 0.5) is 4.79 Å². The van der Waals surface area contributed by atoms with Gasteiger partial charge in [-0.25, -0.2) is 4.79 Å². The summed E-state index contributed by atoms with van der Waals surface area (Å²) in [7, 11) is 0. The first-order chi connectivity index (χ1) is 13.0. The maximum absolute atomic E-state index is 12.4. The smallest absolute Gasteiger partial charge is 0.318 e. The average molecular weight is 369 g/mol. The number of hydrogen-bond acceptors (Lipinski definition) is 5. The Balaban J connectivity index is 2.03. The van der Waals surface area contributed by atoms with Crippen LogP contribution in [0.2, 0.25) is 0 Å². The van der Waals surface area contributed by atoms with Crippen LogP contribution in [0.1, 0.15) is 28.4 Å². The molecule has 0 unspecified atom stereocenters. The van der Waals surface area contributed by atoms with Gasteiger partial charge in [0.05, 0.1) is 12.5 Å². The topological polar surface area (TPSA) is 128 Å². The van der Waals surface area contributed by atoms with Gasteiger partial charge >= 0.3 is 12.0 Å². The second-order valence-corrected chi connectivity index (χ2v) is 5.58. The van der Waals surface area contributed by atoms with E-state index in [1.807, 2.05) is 6.07 Å². The van der Waals surface area contributed by atoms with Crippen molar-refractivity contribution in [2.45, 2.75) is 12.5 Å². The Morgan fingerprint density at radius 2 is 1.52 bits per heavy atom. The van der Waals surface area contributed by atoms with E-state index in [0.29, 0.717) is 11.1 Å². The summed E-state index contributed by atoms with van der Waals surface area (Å²) >= 11 is 0. The lowest BCUT2D eigenvalue weighted by Crippen LogP contribution is -2.38. The molecule has 4 N–H and O–H groups in total. The second kappa shape index (κ2) is 9.71. The van der Waals surface area contributed by atoms with Gasteiger partial charge in [0, 0.05) is 5.56 Å². The number of carbonyl (C=O) groups excluding carboxylic acids is 4. The van der Waals surface area contributed by atoms with Crippen molar-refractivity contribution in [3.63, 3.8) is 0 Å². The SMILES string of the molecule is NC(=O)NC(=O)COC(=O)C[C@H](NC(=O)c1ccccc1)c1ccccc1. The number of esters is 1. The molecule has 8 heteroatoms. The third-order valence-electron chi connectivity index (χ3n) is 3.54. The van der Waals surface area contributed by atoms with E-state index in [1.165, 1.54) is 0 Å². The zero-order chi connectivity index (χ0) is 19.6. The van der Waals surface area contributed by atoms with Gasteiger partial charge in [0.2, 0.25) is 0 Å². The van der Waals surface area contributed by atoms with Crippen LogP contribution in [0.25, 0.3) is 0 Å². The molecule has 0 saturated carbocycles. The quantitative estimate of drug-likeness (QED) is 0.634. The van der Waals surface area contributed by atoms with E-state index in [4.69, 9.17) is 10.5 Å². The zero-order valence-electron chi connectivity index (χ0n) is 14.4. The molecule has 4 amide bonds. The molecule has 1 atom stereocenters. The third kappa shape index (κ3) is 6.62. The van der Waals surface area contributed by atoms with Gasteiger partial charge in [-0.1, -0.05) is 48.5 Å². The fourth-order valence-electron chi connectivity index (χ4n) is 2.31. The molecule has 2 aromatic carbocycles. The lowest BCUT2D eigenvalue weighted by atomic mass is 10.0. The number of primary amides is 1. The Morgan fingerprint density at radius 1 is 0.926 bits per heavy atom. The van der Waals surface area contributed by atoms with Crippen molar-refractivity contribution >= 4 is 23.8 Å². The summed E-state index contributed by atoms with van der Waals surface area (Å²) in [6.07, 6.45) is -0.188. The van der Waals surface area contributed by atoms with Crippen molar-refractivity contribution in [1.82, 2.24) is 10.6 Å². The first-order valence-electron chi connectivity index (χ1n) is 8.11. The minimum absolute atomic E-state index is 0.188. The lowest BCUT2D eigenvalue weighted by Gasteiger charge is -2.18. The van der Waals surface area contributed by atoms with Gasteiger partial charge in [0.25, 0.3) is 11.8 Å². The maximum atomic E-state index is 12.4. The van der Waals surface area contributed by atoms with Crippen molar-refractivity contribution in [3.8, 4) is 0 Å². The van der Waals surface area contributed by atoms with Gasteiger partial charge in [-0.2, -0.15) is 0 Å². The number of urea groups is 1. The molecule has 0 aromatic heterocycles. The zero-order valence-corrected chi connectivity index (χ0v) is 14.4. The molecule has 0 heterocycles. The summed E-state index contributed by atoms with van der Waals surface area (Å²) < 4.78 is 4.83. The number of nitrogens with two attached hydrogens (primary N) is 1. The van der Waals surface area contributed by atoms with E-state index in [9.17, 15) is 19.2 Å². The molecule has 0 saturated heterocycles. The number of amides is 4. The molecule has 140 valence electrons. The van der Waals surface area contributed by atoms with Crippen LogP contribution in [-0.2, 0) is 14.3 Å². The van der Waals surface area contributed by atoms with Gasteiger partial charge in [0.15, 0.2) is 6.61 Å². The normalized spacial score (nSPS) is 11.1. The highest BCUT2D eigenvalue weighted by atomic mass is 16.5. The van der Waals surface area contributed by atoms with Crippen molar-refractivity contribution in [1.29, 1.82) is 0 Å². The van der Waals surface area contributed by atoms with Crippen LogP contribution < -0.4 is 16.4 Å². The van der Waals surface area contributed by atoms with Crippen molar-refractivity contribution in [3.05, 3.63) is 71.8 Å². The van der Waals surface area contributed by atoms with Crippen LogP contribution in [0.5, 0.6) is 0 Å². The number of ether oxygens (including phenoxy) is 1. The van der Waals surface area contributed by atoms with E-state index < -0.39 is 30.6 Å². The predicted molar refractivity (Wildman–Crippen MR) is 96.4 cm³/mol. The Bertz CT molecular complexity index is 809. The highest BCUT2D eigenvalue weighted by Crippen LogP contribution is 2.18. The predicted octanol–water partition coefficient (Wildman–Crippen LogP) is 1.29. The molecule has 2 aromatic rings. The largest absolute Gasteiger partial charge is 0.455 e. The molecule has 27 heavy (non-hydrogen) atoms. The first-order valence-corrected chi connectivity index (χ1v) is 8.11. The highest BCUT2D eigenvalue weighted by molar-refractivity contribution is 5.95. The second-order valence-electron chi connectivity index (χ2n) is 5.58. The molecule has 0 bridgehead atoms. The molecule has 8 nitrogen and oxygen atoms in total. The summed E-state index contributed by atoms with van der Waals surface area (Å²) in [6, 6.07) is 15.8. The minimum atomic E-state index is -1.03. The number of imide groups is 1. The Kier molecular flexibility index (Phi) is 7.07. The number of carbonyl (C=O) groups is 4. The summed E-state index contributed by atoms with van der Waals surface area (Å²) in [4.78, 5) is 46.4. The summed E-state index contributed by atoms with van der Waals surface area (Å²) in [5.41, 5.74) is 5.97. The van der Waals surface area contributed by atoms with Gasteiger partial charge < -0.3 is 15.8 Å². The Hall–Kier alpha value is -3.68. The highest BCUT2D eigenvalue weighted by Gasteiger charge is 2.20. The van der Waals surface area contributed by atoms with Crippen LogP contribution >= 0.6 is 0 Å². The fourth-order valence-corrected chi connectivity index (χ4v) is 2.31. The molecule has 0 spiro atoms. The molecule has 0 radical (unpaired) electrons. The van der Waals surface area contributed by atoms with Crippen molar-refractivity contribution in [2.75, 3.05) is 6.61 Å². The molecular weight excluding hydrogens is 350 g/mol. The molecule has 0 aliphatic heterocycles. The van der Waals surface area contributed by atoms with E-state index in [-0.39, 0.29) is 12.3 Å². The van der Waals surface area contributed by atoms with E-state index in [2.05, 4.69) is 5.32 Å². The standard InChI is InChI=1S/C19H19N3O5/c20-19(26)22-16(23)12-27-17(24)11-15(13-7-3-1-4-8-13)21-18(25)14-9-5-2-6-10-14/h1-10,15H,11-12H2,(H,21,25)(H3,20,22,23,26)/t15-/m0/s1. The first kappa shape index (κ1) is 19.6. The minimum Gasteiger partial charge on any atom is -0.455 e. The average Bonchev–Trinajstić information content (AvgIpc) is 2.66. The lowest BCUT2D eigenvalue weighted by molar-refractivity contribution is -0.148. The van der Waals surface area contributed by atoms with Crippen molar-refractivity contribution < 1.29 is 23.9 Å². The van der Waals surface area contributed by atoms with Gasteiger partial charge in [-0.05, 0) is 17.7 Å². The van der Waals surface area contributed by atoms with E-state index >= 15 is 0 Å².